The first kappa shape index (κ1) is 34.7. The zero-order valence-electron chi connectivity index (χ0n) is 23.9. The first-order chi connectivity index (χ1) is 16.6. The fourth-order valence-electron chi connectivity index (χ4n) is 4.10. The summed E-state index contributed by atoms with van der Waals surface area (Å²) in [6, 6.07) is 0. The molecule has 0 heterocycles. The Labute approximate surface area is 217 Å². The van der Waals surface area contributed by atoms with Crippen LogP contribution in [0.15, 0.2) is 0 Å². The SMILES string of the molecule is CCCCCCCCCCCCCCCCCOCC(COP(=O)([O-])CC[N+](C)(C)C)CC(C)=O. The van der Waals surface area contributed by atoms with Crippen molar-refractivity contribution in [2.24, 2.45) is 5.92 Å². The molecule has 0 saturated carbocycles. The molecule has 0 N–H and O–H groups in total. The Morgan fingerprint density at radius 2 is 1.26 bits per heavy atom. The third kappa shape index (κ3) is 26.6. The number of hydrogen-bond donors (Lipinski definition) is 0. The molecule has 0 aromatic rings. The summed E-state index contributed by atoms with van der Waals surface area (Å²) in [5, 5.41) is 0. The van der Waals surface area contributed by atoms with Crippen LogP contribution in [0.5, 0.6) is 0 Å². The van der Waals surface area contributed by atoms with Gasteiger partial charge in [0.25, 0.3) is 0 Å². The Morgan fingerprint density at radius 1 is 0.800 bits per heavy atom. The number of rotatable bonds is 26. The van der Waals surface area contributed by atoms with Crippen molar-refractivity contribution >= 4 is 13.4 Å². The molecule has 7 heteroatoms. The van der Waals surface area contributed by atoms with E-state index in [0.717, 1.165) is 12.8 Å². The maximum atomic E-state index is 12.2. The second-order valence-corrected chi connectivity index (χ2v) is 13.4. The largest absolute Gasteiger partial charge is 0.778 e. The van der Waals surface area contributed by atoms with E-state index in [2.05, 4.69) is 6.92 Å². The first-order valence-corrected chi connectivity index (χ1v) is 16.1. The van der Waals surface area contributed by atoms with Gasteiger partial charge in [-0.25, -0.2) is 0 Å². The van der Waals surface area contributed by atoms with Crippen LogP contribution in [0.1, 0.15) is 117 Å². The van der Waals surface area contributed by atoms with Gasteiger partial charge in [-0.05, 0) is 13.3 Å². The van der Waals surface area contributed by atoms with Gasteiger partial charge in [0.05, 0.1) is 47.1 Å². The quantitative estimate of drug-likeness (QED) is 0.0718. The average molecular weight is 520 g/mol. The number of quaternary nitrogens is 1. The fourth-order valence-corrected chi connectivity index (χ4v) is 5.52. The molecule has 0 aliphatic carbocycles. The highest BCUT2D eigenvalue weighted by Gasteiger charge is 2.19. The first-order valence-electron chi connectivity index (χ1n) is 14.4. The molecular formula is C28H58NO5P. The van der Waals surface area contributed by atoms with E-state index in [1.165, 1.54) is 90.4 Å². The summed E-state index contributed by atoms with van der Waals surface area (Å²) in [6.45, 7) is 5.34. The van der Waals surface area contributed by atoms with Crippen molar-refractivity contribution in [1.82, 2.24) is 0 Å². The Hall–Kier alpha value is -0.260. The van der Waals surface area contributed by atoms with Gasteiger partial charge >= 0.3 is 0 Å². The Balaban J connectivity index is 3.72. The summed E-state index contributed by atoms with van der Waals surface area (Å²) in [7, 11) is 1.95. The number of ketones is 1. The van der Waals surface area contributed by atoms with Crippen molar-refractivity contribution in [3.8, 4) is 0 Å². The highest BCUT2D eigenvalue weighted by molar-refractivity contribution is 7.51. The second kappa shape index (κ2) is 21.8. The van der Waals surface area contributed by atoms with Gasteiger partial charge in [-0.1, -0.05) is 96.8 Å². The maximum Gasteiger partial charge on any atom is 0.140 e. The molecule has 210 valence electrons. The van der Waals surface area contributed by atoms with E-state index >= 15 is 0 Å². The number of carbonyl (C=O) groups is 1. The molecule has 6 nitrogen and oxygen atoms in total. The molecule has 0 rings (SSSR count). The van der Waals surface area contributed by atoms with Crippen LogP contribution in [0.2, 0.25) is 0 Å². The monoisotopic (exact) mass is 519 g/mol. The van der Waals surface area contributed by atoms with Crippen molar-refractivity contribution < 1.29 is 28.0 Å². The Morgan fingerprint density at radius 3 is 1.69 bits per heavy atom. The average Bonchev–Trinajstić information content (AvgIpc) is 2.77. The van der Waals surface area contributed by atoms with E-state index in [1.54, 1.807) is 0 Å². The lowest BCUT2D eigenvalue weighted by Gasteiger charge is -2.30. The molecule has 0 spiro atoms. The van der Waals surface area contributed by atoms with E-state index in [0.29, 0.717) is 24.2 Å². The number of carbonyl (C=O) groups excluding carboxylic acids is 1. The molecule has 0 bridgehead atoms. The van der Waals surface area contributed by atoms with E-state index in [9.17, 15) is 14.3 Å². The normalized spacial score (nSPS) is 14.7. The van der Waals surface area contributed by atoms with Gasteiger partial charge in [0.2, 0.25) is 0 Å². The molecule has 0 amide bonds. The van der Waals surface area contributed by atoms with Crippen LogP contribution < -0.4 is 4.89 Å². The number of hydrogen-bond acceptors (Lipinski definition) is 5. The van der Waals surface area contributed by atoms with Crippen molar-refractivity contribution in [3.63, 3.8) is 0 Å². The Bertz CT molecular complexity index is 550. The highest BCUT2D eigenvalue weighted by Crippen LogP contribution is 2.37. The van der Waals surface area contributed by atoms with E-state index in [4.69, 9.17) is 9.26 Å². The minimum atomic E-state index is -3.90. The Kier molecular flexibility index (Phi) is 21.6. The lowest BCUT2D eigenvalue weighted by atomic mass is 10.0. The highest BCUT2D eigenvalue weighted by atomic mass is 31.2. The molecule has 0 aliphatic heterocycles. The lowest BCUT2D eigenvalue weighted by Crippen LogP contribution is -2.38. The third-order valence-electron chi connectivity index (χ3n) is 6.37. The predicted molar refractivity (Wildman–Crippen MR) is 146 cm³/mol. The van der Waals surface area contributed by atoms with Crippen molar-refractivity contribution in [2.75, 3.05) is 53.7 Å². The minimum absolute atomic E-state index is 0.00325. The molecule has 0 aliphatic rings. The van der Waals surface area contributed by atoms with Crippen LogP contribution >= 0.6 is 7.60 Å². The van der Waals surface area contributed by atoms with Crippen molar-refractivity contribution in [3.05, 3.63) is 0 Å². The number of Topliss-reactive ketones (excluding diaryl/α,β-unsaturated/α-hetero) is 1. The summed E-state index contributed by atoms with van der Waals surface area (Å²) in [5.41, 5.74) is 0. The number of ether oxygens (including phenoxy) is 1. The number of nitrogens with zero attached hydrogens (tertiary/aromatic N) is 1. The zero-order valence-corrected chi connectivity index (χ0v) is 24.8. The van der Waals surface area contributed by atoms with Crippen LogP contribution in [0, 0.1) is 5.92 Å². The summed E-state index contributed by atoms with van der Waals surface area (Å²) in [5.74, 6) is -0.184. The van der Waals surface area contributed by atoms with Crippen molar-refractivity contribution in [2.45, 2.75) is 117 Å². The minimum Gasteiger partial charge on any atom is -0.778 e. The molecule has 2 unspecified atom stereocenters. The second-order valence-electron chi connectivity index (χ2n) is 11.4. The summed E-state index contributed by atoms with van der Waals surface area (Å²) in [6.07, 6.45) is 20.2. The summed E-state index contributed by atoms with van der Waals surface area (Å²) < 4.78 is 23.7. The molecule has 0 radical (unpaired) electrons. The van der Waals surface area contributed by atoms with Gasteiger partial charge in [-0.15, -0.1) is 0 Å². The van der Waals surface area contributed by atoms with E-state index in [-0.39, 0.29) is 30.9 Å². The maximum absolute atomic E-state index is 12.2. The van der Waals surface area contributed by atoms with E-state index < -0.39 is 7.60 Å². The summed E-state index contributed by atoms with van der Waals surface area (Å²) >= 11 is 0. The van der Waals surface area contributed by atoms with Crippen LogP contribution in [0.3, 0.4) is 0 Å². The lowest BCUT2D eigenvalue weighted by molar-refractivity contribution is -0.868. The van der Waals surface area contributed by atoms with Gasteiger partial charge in [-0.3, -0.25) is 0 Å². The van der Waals surface area contributed by atoms with Gasteiger partial charge < -0.3 is 28.0 Å². The predicted octanol–water partition coefficient (Wildman–Crippen LogP) is 6.75. The smallest absolute Gasteiger partial charge is 0.140 e. The zero-order chi connectivity index (χ0) is 26.4. The third-order valence-corrected chi connectivity index (χ3v) is 7.66. The van der Waals surface area contributed by atoms with Crippen LogP contribution in [-0.4, -0.2) is 63.9 Å². The van der Waals surface area contributed by atoms with Crippen LogP contribution in [-0.2, 0) is 18.6 Å². The van der Waals surface area contributed by atoms with Crippen molar-refractivity contribution in [1.29, 1.82) is 0 Å². The standard InChI is InChI=1S/C28H58NO5P/c1-6-7-8-9-10-11-12-13-14-15-16-17-18-19-20-22-33-25-28(24-27(2)30)26-34-35(31,32)23-21-29(3,4)5/h28H,6-26H2,1-5H3. The molecule has 0 saturated heterocycles. The van der Waals surface area contributed by atoms with Gasteiger partial charge in [0.15, 0.2) is 0 Å². The summed E-state index contributed by atoms with van der Waals surface area (Å²) in [4.78, 5) is 23.7. The topological polar surface area (TPSA) is 75.7 Å². The molecule has 0 aromatic carbocycles. The van der Waals surface area contributed by atoms with Gasteiger partial charge in [-0.2, -0.15) is 0 Å². The van der Waals surface area contributed by atoms with Crippen LogP contribution in [0.25, 0.3) is 0 Å². The van der Waals surface area contributed by atoms with Crippen LogP contribution in [0.4, 0.5) is 0 Å². The molecule has 0 aromatic heterocycles. The molecular weight excluding hydrogens is 461 g/mol. The van der Waals surface area contributed by atoms with Gasteiger partial charge in [0.1, 0.15) is 13.4 Å². The molecule has 0 fully saturated rings. The van der Waals surface area contributed by atoms with E-state index in [1.807, 2.05) is 21.1 Å². The fraction of sp³-hybridized carbons (Fsp3) is 0.964. The van der Waals surface area contributed by atoms with Gasteiger partial charge in [0, 0.05) is 18.9 Å². The molecule has 2 atom stereocenters. The number of unbranched alkanes of at least 4 members (excludes halogenated alkanes) is 14. The molecule has 35 heavy (non-hydrogen) atoms.